The van der Waals surface area contributed by atoms with Crippen molar-refractivity contribution < 1.29 is 9.32 Å². The van der Waals surface area contributed by atoms with Gasteiger partial charge in [-0.2, -0.15) is 0 Å². The number of carbonyl (C=O) groups is 1. The maximum absolute atomic E-state index is 13.0. The number of hydrogen-bond donors (Lipinski definition) is 2. The Morgan fingerprint density at radius 1 is 1.18 bits per heavy atom. The Balaban J connectivity index is 1.45. The number of anilines is 1. The molecule has 0 saturated heterocycles. The summed E-state index contributed by atoms with van der Waals surface area (Å²) in [6.07, 6.45) is 11.9. The summed E-state index contributed by atoms with van der Waals surface area (Å²) in [5.74, 6) is 1.81. The summed E-state index contributed by atoms with van der Waals surface area (Å²) >= 11 is 0. The minimum Gasteiger partial charge on any atom is -0.368 e. The van der Waals surface area contributed by atoms with Crippen molar-refractivity contribution in [1.29, 1.82) is 0 Å². The summed E-state index contributed by atoms with van der Waals surface area (Å²) in [5, 5.41) is 10.6. The minimum atomic E-state index is -0.124. The molecule has 1 atom stereocenters. The second-order valence-corrected chi connectivity index (χ2v) is 9.00. The Morgan fingerprint density at radius 3 is 2.70 bits per heavy atom. The molecule has 0 aromatic carbocycles. The van der Waals surface area contributed by atoms with E-state index in [2.05, 4.69) is 37.7 Å². The molecule has 3 aromatic rings. The van der Waals surface area contributed by atoms with Gasteiger partial charge in [0.05, 0.1) is 11.4 Å². The van der Waals surface area contributed by atoms with E-state index in [1.807, 2.05) is 32.2 Å². The maximum atomic E-state index is 13.0. The summed E-state index contributed by atoms with van der Waals surface area (Å²) in [6, 6.07) is 3.95. The van der Waals surface area contributed by atoms with Gasteiger partial charge in [0.2, 0.25) is 0 Å². The summed E-state index contributed by atoms with van der Waals surface area (Å²) in [4.78, 5) is 26.0. The zero-order chi connectivity index (χ0) is 23.2. The second kappa shape index (κ2) is 10.6. The van der Waals surface area contributed by atoms with E-state index in [0.717, 1.165) is 41.4 Å². The molecule has 1 saturated carbocycles. The average Bonchev–Trinajstić information content (AvgIpc) is 3.32. The molecule has 3 aromatic heterocycles. The van der Waals surface area contributed by atoms with E-state index in [1.54, 1.807) is 12.5 Å². The number of hydrogen-bond acceptors (Lipinski definition) is 7. The van der Waals surface area contributed by atoms with Crippen molar-refractivity contribution in [2.75, 3.05) is 11.9 Å². The van der Waals surface area contributed by atoms with Crippen LogP contribution in [-0.2, 0) is 6.42 Å². The summed E-state index contributed by atoms with van der Waals surface area (Å²) in [5.41, 5.74) is 4.05. The number of amides is 1. The summed E-state index contributed by atoms with van der Waals surface area (Å²) in [7, 11) is 0. The average molecular weight is 449 g/mol. The molecular weight excluding hydrogens is 416 g/mol. The fraction of sp³-hybridized carbons (Fsp3) is 0.480. The van der Waals surface area contributed by atoms with Gasteiger partial charge in [-0.05, 0) is 55.7 Å². The highest BCUT2D eigenvalue weighted by atomic mass is 16.5. The van der Waals surface area contributed by atoms with Crippen LogP contribution < -0.4 is 10.6 Å². The molecule has 3 heterocycles. The number of aromatic nitrogens is 4. The van der Waals surface area contributed by atoms with Crippen molar-refractivity contribution in [2.45, 2.75) is 58.9 Å². The highest BCUT2D eigenvalue weighted by molar-refractivity contribution is 5.95. The zero-order valence-corrected chi connectivity index (χ0v) is 19.5. The van der Waals surface area contributed by atoms with Crippen molar-refractivity contribution in [1.82, 2.24) is 25.4 Å². The van der Waals surface area contributed by atoms with E-state index in [0.29, 0.717) is 30.1 Å². The quantitative estimate of drug-likeness (QED) is 0.525. The lowest BCUT2D eigenvalue weighted by atomic mass is 9.79. The van der Waals surface area contributed by atoms with Gasteiger partial charge in [-0.15, -0.1) is 0 Å². The van der Waals surface area contributed by atoms with Gasteiger partial charge in [0, 0.05) is 30.5 Å². The van der Waals surface area contributed by atoms with E-state index in [1.165, 1.54) is 19.1 Å². The topological polar surface area (TPSA) is 106 Å². The van der Waals surface area contributed by atoms with Crippen LogP contribution in [0, 0.1) is 18.8 Å². The second-order valence-electron chi connectivity index (χ2n) is 9.00. The Labute approximate surface area is 194 Å². The van der Waals surface area contributed by atoms with Gasteiger partial charge >= 0.3 is 0 Å². The first-order chi connectivity index (χ1) is 16.0. The fourth-order valence-corrected chi connectivity index (χ4v) is 4.52. The standard InChI is InChI=1S/C25H32N6O2/c1-4-21-20(14-33-31-21)25(32)30-22(18-7-5-16(2)6-8-18)13-28-23-10-9-19(12-27-23)24-17(3)11-26-15-29-24/h9-12,14-16,18,22H,4-8,13H2,1-3H3,(H,27,28)(H,30,32)/t16-,18-,22?. The smallest absolute Gasteiger partial charge is 0.256 e. The highest BCUT2D eigenvalue weighted by Crippen LogP contribution is 2.31. The van der Waals surface area contributed by atoms with Crippen LogP contribution in [0.25, 0.3) is 11.3 Å². The van der Waals surface area contributed by atoms with E-state index in [4.69, 9.17) is 4.52 Å². The lowest BCUT2D eigenvalue weighted by Crippen LogP contribution is -2.46. The predicted molar refractivity (Wildman–Crippen MR) is 127 cm³/mol. The first kappa shape index (κ1) is 22.9. The Hall–Kier alpha value is -3.29. The van der Waals surface area contributed by atoms with Gasteiger partial charge in [-0.1, -0.05) is 31.8 Å². The Morgan fingerprint density at radius 2 is 2.00 bits per heavy atom. The first-order valence-corrected chi connectivity index (χ1v) is 11.8. The van der Waals surface area contributed by atoms with Crippen LogP contribution >= 0.6 is 0 Å². The molecule has 2 N–H and O–H groups in total. The largest absolute Gasteiger partial charge is 0.368 e. The van der Waals surface area contributed by atoms with E-state index >= 15 is 0 Å². The van der Waals surface area contributed by atoms with Crippen molar-refractivity contribution in [3.8, 4) is 11.3 Å². The van der Waals surface area contributed by atoms with Crippen molar-refractivity contribution in [3.63, 3.8) is 0 Å². The van der Waals surface area contributed by atoms with Crippen molar-refractivity contribution in [3.05, 3.63) is 53.9 Å². The maximum Gasteiger partial charge on any atom is 0.256 e. The SMILES string of the molecule is CCc1nocc1C(=O)NC(CNc1ccc(-c2ncncc2C)cn1)[C@H]1CC[C@H](C)CC1. The molecule has 1 aliphatic carbocycles. The van der Waals surface area contributed by atoms with Gasteiger partial charge in [0.15, 0.2) is 0 Å². The van der Waals surface area contributed by atoms with Gasteiger partial charge in [0.1, 0.15) is 24.0 Å². The van der Waals surface area contributed by atoms with E-state index in [9.17, 15) is 4.79 Å². The van der Waals surface area contributed by atoms with E-state index in [-0.39, 0.29) is 11.9 Å². The van der Waals surface area contributed by atoms with Crippen LogP contribution in [0.5, 0.6) is 0 Å². The van der Waals surface area contributed by atoms with Crippen LogP contribution in [0.4, 0.5) is 5.82 Å². The lowest BCUT2D eigenvalue weighted by molar-refractivity contribution is 0.0911. The first-order valence-electron chi connectivity index (χ1n) is 11.8. The molecule has 0 bridgehead atoms. The molecule has 1 unspecified atom stereocenters. The molecule has 1 fully saturated rings. The molecule has 0 aliphatic heterocycles. The highest BCUT2D eigenvalue weighted by Gasteiger charge is 2.28. The zero-order valence-electron chi connectivity index (χ0n) is 19.5. The third-order valence-corrected chi connectivity index (χ3v) is 6.61. The lowest BCUT2D eigenvalue weighted by Gasteiger charge is -2.33. The third kappa shape index (κ3) is 5.56. The Kier molecular flexibility index (Phi) is 7.32. The Bertz CT molecular complexity index is 1060. The fourth-order valence-electron chi connectivity index (χ4n) is 4.52. The summed E-state index contributed by atoms with van der Waals surface area (Å²) in [6.45, 7) is 6.86. The molecule has 0 spiro atoms. The number of pyridine rings is 1. The number of carbonyl (C=O) groups excluding carboxylic acids is 1. The number of nitrogens with zero attached hydrogens (tertiary/aromatic N) is 4. The molecule has 4 rings (SSSR count). The number of nitrogens with one attached hydrogen (secondary N) is 2. The van der Waals surface area contributed by atoms with Gasteiger partial charge < -0.3 is 15.2 Å². The van der Waals surface area contributed by atoms with Gasteiger partial charge in [-0.3, -0.25) is 4.79 Å². The van der Waals surface area contributed by atoms with Gasteiger partial charge in [-0.25, -0.2) is 15.0 Å². The molecule has 8 nitrogen and oxygen atoms in total. The van der Waals surface area contributed by atoms with Crippen LogP contribution in [0.1, 0.15) is 61.1 Å². The molecule has 1 amide bonds. The molecule has 33 heavy (non-hydrogen) atoms. The van der Waals surface area contributed by atoms with Crippen molar-refractivity contribution in [2.24, 2.45) is 11.8 Å². The third-order valence-electron chi connectivity index (χ3n) is 6.61. The van der Waals surface area contributed by atoms with Crippen molar-refractivity contribution >= 4 is 11.7 Å². The minimum absolute atomic E-state index is 0.00445. The number of aryl methyl sites for hydroxylation is 2. The van der Waals surface area contributed by atoms with E-state index < -0.39 is 0 Å². The predicted octanol–water partition coefficient (Wildman–Crippen LogP) is 4.43. The molecule has 8 heteroatoms. The molecule has 0 radical (unpaired) electrons. The molecular formula is C25H32N6O2. The van der Waals surface area contributed by atoms with Crippen LogP contribution in [0.15, 0.2) is 41.6 Å². The van der Waals surface area contributed by atoms with Crippen LogP contribution in [0.2, 0.25) is 0 Å². The number of rotatable bonds is 8. The van der Waals surface area contributed by atoms with Gasteiger partial charge in [0.25, 0.3) is 5.91 Å². The molecule has 174 valence electrons. The summed E-state index contributed by atoms with van der Waals surface area (Å²) < 4.78 is 5.04. The van der Waals surface area contributed by atoms with Crippen LogP contribution in [-0.4, -0.2) is 38.6 Å². The monoisotopic (exact) mass is 448 g/mol. The van der Waals surface area contributed by atoms with Crippen LogP contribution in [0.3, 0.4) is 0 Å². The molecule has 1 aliphatic rings. The normalized spacial score (nSPS) is 19.1.